The first-order chi connectivity index (χ1) is 7.65. The minimum absolute atomic E-state index is 0.278. The van der Waals surface area contributed by atoms with Gasteiger partial charge in [0.25, 0.3) is 0 Å². The molecule has 0 aliphatic carbocycles. The molecule has 4 nitrogen and oxygen atoms in total. The number of hydrogen-bond acceptors (Lipinski definition) is 4. The van der Waals surface area contributed by atoms with Crippen LogP contribution >= 0.6 is 0 Å². The molecule has 0 saturated heterocycles. The van der Waals surface area contributed by atoms with Gasteiger partial charge < -0.3 is 11.1 Å². The Morgan fingerprint density at radius 2 is 2.06 bits per heavy atom. The first kappa shape index (κ1) is 10.4. The van der Waals surface area contributed by atoms with Crippen molar-refractivity contribution >= 4 is 17.5 Å². The molecule has 1 aromatic heterocycles. The number of rotatable bonds is 2. The maximum absolute atomic E-state index is 5.55. The average Bonchev–Trinajstić information content (AvgIpc) is 2.24. The van der Waals surface area contributed by atoms with Crippen LogP contribution in [0, 0.1) is 13.8 Å². The van der Waals surface area contributed by atoms with Gasteiger partial charge in [0.05, 0.1) is 0 Å². The Morgan fingerprint density at radius 3 is 2.81 bits per heavy atom. The lowest BCUT2D eigenvalue weighted by atomic mass is 10.2. The summed E-state index contributed by atoms with van der Waals surface area (Å²) in [7, 11) is 0. The van der Waals surface area contributed by atoms with E-state index in [9.17, 15) is 0 Å². The third-order valence-electron chi connectivity index (χ3n) is 2.27. The molecule has 0 bridgehead atoms. The van der Waals surface area contributed by atoms with Crippen LogP contribution in [0.4, 0.5) is 17.5 Å². The third-order valence-corrected chi connectivity index (χ3v) is 2.27. The number of anilines is 3. The number of nitrogens with one attached hydrogen (secondary N) is 1. The van der Waals surface area contributed by atoms with Crippen molar-refractivity contribution in [3.8, 4) is 0 Å². The Hall–Kier alpha value is -2.10. The van der Waals surface area contributed by atoms with E-state index in [2.05, 4.69) is 21.4 Å². The molecule has 2 rings (SSSR count). The highest BCUT2D eigenvalue weighted by Gasteiger charge is 2.02. The van der Waals surface area contributed by atoms with Crippen molar-refractivity contribution in [2.75, 3.05) is 11.1 Å². The molecule has 0 fully saturated rings. The van der Waals surface area contributed by atoms with Crippen LogP contribution in [0.2, 0.25) is 0 Å². The fourth-order valence-corrected chi connectivity index (χ4v) is 1.44. The van der Waals surface area contributed by atoms with Crippen LogP contribution in [0.3, 0.4) is 0 Å². The van der Waals surface area contributed by atoms with Gasteiger partial charge in [0, 0.05) is 17.4 Å². The molecule has 1 heterocycles. The predicted molar refractivity (Wildman–Crippen MR) is 65.6 cm³/mol. The van der Waals surface area contributed by atoms with E-state index in [1.54, 1.807) is 6.20 Å². The summed E-state index contributed by atoms with van der Waals surface area (Å²) >= 11 is 0. The molecule has 0 aliphatic rings. The second-order valence-electron chi connectivity index (χ2n) is 3.75. The van der Waals surface area contributed by atoms with Crippen LogP contribution in [-0.2, 0) is 0 Å². The Bertz CT molecular complexity index is 508. The van der Waals surface area contributed by atoms with Gasteiger partial charge in [0.15, 0.2) is 0 Å². The molecule has 3 N–H and O–H groups in total. The van der Waals surface area contributed by atoms with Gasteiger partial charge in [0.1, 0.15) is 5.82 Å². The molecule has 0 spiro atoms. The summed E-state index contributed by atoms with van der Waals surface area (Å²) in [6.07, 6.45) is 1.71. The second kappa shape index (κ2) is 4.18. The van der Waals surface area contributed by atoms with Crippen molar-refractivity contribution in [1.29, 1.82) is 0 Å². The topological polar surface area (TPSA) is 63.8 Å². The van der Waals surface area contributed by atoms with Crippen molar-refractivity contribution in [1.82, 2.24) is 9.97 Å². The minimum Gasteiger partial charge on any atom is -0.368 e. The summed E-state index contributed by atoms with van der Waals surface area (Å²) in [6.45, 7) is 3.99. The van der Waals surface area contributed by atoms with Crippen LogP contribution in [0.25, 0.3) is 0 Å². The van der Waals surface area contributed by atoms with Gasteiger partial charge in [-0.05, 0) is 31.5 Å². The number of hydrogen-bond donors (Lipinski definition) is 2. The van der Waals surface area contributed by atoms with E-state index in [-0.39, 0.29) is 5.95 Å². The molecule has 0 atom stereocenters. The molecule has 4 heteroatoms. The molecule has 0 amide bonds. The van der Waals surface area contributed by atoms with Gasteiger partial charge in [0.2, 0.25) is 5.95 Å². The molecule has 16 heavy (non-hydrogen) atoms. The van der Waals surface area contributed by atoms with Crippen LogP contribution in [-0.4, -0.2) is 9.97 Å². The van der Waals surface area contributed by atoms with E-state index in [0.717, 1.165) is 17.1 Å². The summed E-state index contributed by atoms with van der Waals surface area (Å²) in [5, 5.41) is 3.22. The van der Waals surface area contributed by atoms with E-state index >= 15 is 0 Å². The normalized spacial score (nSPS) is 10.1. The largest absolute Gasteiger partial charge is 0.368 e. The lowest BCUT2D eigenvalue weighted by molar-refractivity contribution is 1.15. The van der Waals surface area contributed by atoms with E-state index in [1.807, 2.05) is 32.0 Å². The highest BCUT2D eigenvalue weighted by molar-refractivity contribution is 5.60. The van der Waals surface area contributed by atoms with Crippen LogP contribution in [0.1, 0.15) is 11.1 Å². The predicted octanol–water partition coefficient (Wildman–Crippen LogP) is 2.42. The Kier molecular flexibility index (Phi) is 2.72. The maximum Gasteiger partial charge on any atom is 0.221 e. The molecule has 0 unspecified atom stereocenters. The quantitative estimate of drug-likeness (QED) is 0.805. The molecule has 0 aliphatic heterocycles. The smallest absolute Gasteiger partial charge is 0.221 e. The second-order valence-corrected chi connectivity index (χ2v) is 3.75. The summed E-state index contributed by atoms with van der Waals surface area (Å²) < 4.78 is 0. The van der Waals surface area contributed by atoms with Crippen LogP contribution in [0.5, 0.6) is 0 Å². The van der Waals surface area contributed by atoms with Crippen molar-refractivity contribution < 1.29 is 0 Å². The fourth-order valence-electron chi connectivity index (χ4n) is 1.44. The molecular formula is C12H14N4. The van der Waals surface area contributed by atoms with Crippen LogP contribution in [0.15, 0.2) is 30.5 Å². The van der Waals surface area contributed by atoms with Crippen LogP contribution < -0.4 is 11.1 Å². The molecule has 0 radical (unpaired) electrons. The Labute approximate surface area is 94.5 Å². The summed E-state index contributed by atoms with van der Waals surface area (Å²) in [5.74, 6) is 1.03. The number of benzene rings is 1. The van der Waals surface area contributed by atoms with Gasteiger partial charge in [-0.3, -0.25) is 0 Å². The highest BCUT2D eigenvalue weighted by atomic mass is 15.1. The molecule has 2 aromatic rings. The standard InChI is InChI=1S/C12H14N4/c1-8-4-3-5-10(6-8)15-11-9(2)7-14-12(13)16-11/h3-7H,1-2H3,(H3,13,14,15,16). The molecule has 1 aromatic carbocycles. The zero-order valence-corrected chi connectivity index (χ0v) is 9.36. The lowest BCUT2D eigenvalue weighted by Crippen LogP contribution is -2.01. The zero-order valence-electron chi connectivity index (χ0n) is 9.36. The van der Waals surface area contributed by atoms with E-state index in [1.165, 1.54) is 5.56 Å². The average molecular weight is 214 g/mol. The van der Waals surface area contributed by atoms with E-state index in [0.29, 0.717) is 0 Å². The van der Waals surface area contributed by atoms with Gasteiger partial charge >= 0.3 is 0 Å². The SMILES string of the molecule is Cc1cccc(Nc2nc(N)ncc2C)c1. The molecular weight excluding hydrogens is 200 g/mol. The van der Waals surface area contributed by atoms with Crippen molar-refractivity contribution in [2.24, 2.45) is 0 Å². The van der Waals surface area contributed by atoms with Gasteiger partial charge in [-0.2, -0.15) is 4.98 Å². The zero-order chi connectivity index (χ0) is 11.5. The number of aryl methyl sites for hydroxylation is 2. The summed E-state index contributed by atoms with van der Waals surface area (Å²) in [5.41, 5.74) is 8.72. The van der Waals surface area contributed by atoms with E-state index in [4.69, 9.17) is 5.73 Å². The van der Waals surface area contributed by atoms with Gasteiger partial charge in [-0.1, -0.05) is 12.1 Å². The fraction of sp³-hybridized carbons (Fsp3) is 0.167. The van der Waals surface area contributed by atoms with Crippen molar-refractivity contribution in [3.63, 3.8) is 0 Å². The first-order valence-electron chi connectivity index (χ1n) is 5.08. The Morgan fingerprint density at radius 1 is 1.25 bits per heavy atom. The Balaban J connectivity index is 2.30. The highest BCUT2D eigenvalue weighted by Crippen LogP contribution is 2.18. The number of aromatic nitrogens is 2. The molecule has 0 saturated carbocycles. The van der Waals surface area contributed by atoms with Crippen molar-refractivity contribution in [3.05, 3.63) is 41.6 Å². The summed E-state index contributed by atoms with van der Waals surface area (Å²) in [4.78, 5) is 8.08. The first-order valence-corrected chi connectivity index (χ1v) is 5.08. The molecule has 82 valence electrons. The third kappa shape index (κ3) is 2.28. The van der Waals surface area contributed by atoms with E-state index < -0.39 is 0 Å². The minimum atomic E-state index is 0.278. The van der Waals surface area contributed by atoms with Gasteiger partial charge in [-0.15, -0.1) is 0 Å². The van der Waals surface area contributed by atoms with Crippen molar-refractivity contribution in [2.45, 2.75) is 13.8 Å². The van der Waals surface area contributed by atoms with Gasteiger partial charge in [-0.25, -0.2) is 4.98 Å². The summed E-state index contributed by atoms with van der Waals surface area (Å²) in [6, 6.07) is 8.09. The monoisotopic (exact) mass is 214 g/mol. The lowest BCUT2D eigenvalue weighted by Gasteiger charge is -2.08. The number of nitrogen functional groups attached to an aromatic ring is 1. The number of nitrogens with zero attached hydrogens (tertiary/aromatic N) is 2. The number of nitrogens with two attached hydrogens (primary N) is 1. The maximum atomic E-state index is 5.55.